The molecule has 1 rings (SSSR count). The Labute approximate surface area is 108 Å². The molecule has 0 fully saturated rings. The number of carbonyl (C=O) groups is 1. The minimum atomic E-state index is -0.286. The van der Waals surface area contributed by atoms with E-state index in [-0.39, 0.29) is 11.8 Å². The third kappa shape index (κ3) is 4.59. The van der Waals surface area contributed by atoms with Crippen molar-refractivity contribution in [1.29, 1.82) is 0 Å². The van der Waals surface area contributed by atoms with Crippen LogP contribution in [-0.4, -0.2) is 25.6 Å². The van der Waals surface area contributed by atoms with Crippen molar-refractivity contribution in [2.45, 2.75) is 12.3 Å². The minimum absolute atomic E-state index is 0.0395. The molecule has 0 aromatic heterocycles. The van der Waals surface area contributed by atoms with Gasteiger partial charge in [-0.15, -0.1) is 0 Å². The Balaban J connectivity index is 2.41. The highest BCUT2D eigenvalue weighted by molar-refractivity contribution is 5.83. The summed E-state index contributed by atoms with van der Waals surface area (Å²) in [5.74, 6) is -0.325. The highest BCUT2D eigenvalue weighted by Gasteiger charge is 2.17. The van der Waals surface area contributed by atoms with Crippen LogP contribution in [0.2, 0.25) is 0 Å². The normalized spacial score (nSPS) is 11.6. The van der Waals surface area contributed by atoms with Crippen molar-refractivity contribution >= 4 is 5.91 Å². The molecule has 1 amide bonds. The van der Waals surface area contributed by atoms with Gasteiger partial charge in [-0.25, -0.2) is 0 Å². The molecule has 3 N–H and O–H groups in total. The number of amides is 1. The smallest absolute Gasteiger partial charge is 0.228 e. The number of hydrogen-bond donors (Lipinski definition) is 2. The second-order valence-corrected chi connectivity index (χ2v) is 3.88. The van der Waals surface area contributed by atoms with Gasteiger partial charge in [-0.2, -0.15) is 0 Å². The Bertz CT molecular complexity index is 365. The lowest BCUT2D eigenvalue weighted by Gasteiger charge is -2.15. The topological polar surface area (TPSA) is 64.3 Å². The van der Waals surface area contributed by atoms with Crippen molar-refractivity contribution in [2.75, 3.05) is 19.7 Å². The molecule has 0 saturated carbocycles. The molecule has 0 radical (unpaired) electrons. The van der Waals surface area contributed by atoms with E-state index in [9.17, 15) is 4.79 Å². The maximum Gasteiger partial charge on any atom is 0.228 e. The summed E-state index contributed by atoms with van der Waals surface area (Å²) in [5, 5.41) is 2.86. The van der Waals surface area contributed by atoms with Crippen LogP contribution in [0.1, 0.15) is 17.9 Å². The number of rotatable bonds is 8. The molecule has 1 unspecified atom stereocenters. The number of ether oxygens (including phenoxy) is 1. The lowest BCUT2D eigenvalue weighted by Crippen LogP contribution is -2.34. The van der Waals surface area contributed by atoms with Crippen molar-refractivity contribution in [2.24, 2.45) is 5.73 Å². The average Bonchev–Trinajstić information content (AvgIpc) is 2.40. The summed E-state index contributed by atoms with van der Waals surface area (Å²) in [6.45, 7) is 4.89. The number of hydrogen-bond acceptors (Lipinski definition) is 3. The van der Waals surface area contributed by atoms with E-state index >= 15 is 0 Å². The predicted molar refractivity (Wildman–Crippen MR) is 72.0 cm³/mol. The summed E-state index contributed by atoms with van der Waals surface area (Å²) in [6, 6.07) is 9.56. The number of nitrogens with one attached hydrogen (secondary N) is 1. The molecule has 0 aliphatic rings. The van der Waals surface area contributed by atoms with Crippen molar-refractivity contribution in [3.05, 3.63) is 48.7 Å². The van der Waals surface area contributed by atoms with E-state index in [1.165, 1.54) is 6.26 Å². The molecule has 0 spiro atoms. The lowest BCUT2D eigenvalue weighted by molar-refractivity contribution is -0.122. The van der Waals surface area contributed by atoms with Crippen LogP contribution in [0.15, 0.2) is 43.2 Å². The van der Waals surface area contributed by atoms with E-state index in [1.807, 2.05) is 30.3 Å². The number of benzene rings is 1. The van der Waals surface area contributed by atoms with Crippen LogP contribution in [0.3, 0.4) is 0 Å². The van der Waals surface area contributed by atoms with Gasteiger partial charge in [0.1, 0.15) is 0 Å². The third-order valence-electron chi connectivity index (χ3n) is 2.61. The molecular formula is C14H20N2O2. The zero-order valence-electron chi connectivity index (χ0n) is 10.5. The van der Waals surface area contributed by atoms with Gasteiger partial charge in [-0.05, 0) is 12.0 Å². The second kappa shape index (κ2) is 8.31. The molecule has 4 nitrogen and oxygen atoms in total. The first-order chi connectivity index (χ1) is 8.79. The van der Waals surface area contributed by atoms with E-state index < -0.39 is 0 Å². The van der Waals surface area contributed by atoms with Gasteiger partial charge in [0.15, 0.2) is 0 Å². The van der Waals surface area contributed by atoms with E-state index in [0.717, 1.165) is 12.0 Å². The van der Waals surface area contributed by atoms with Gasteiger partial charge >= 0.3 is 0 Å². The molecule has 0 aliphatic carbocycles. The molecule has 0 saturated heterocycles. The Morgan fingerprint density at radius 2 is 2.17 bits per heavy atom. The van der Waals surface area contributed by atoms with E-state index in [0.29, 0.717) is 19.7 Å². The van der Waals surface area contributed by atoms with Gasteiger partial charge in [0.25, 0.3) is 0 Å². The summed E-state index contributed by atoms with van der Waals surface area (Å²) in [5.41, 5.74) is 6.60. The van der Waals surface area contributed by atoms with Crippen molar-refractivity contribution < 1.29 is 9.53 Å². The highest BCUT2D eigenvalue weighted by Crippen LogP contribution is 2.13. The summed E-state index contributed by atoms with van der Waals surface area (Å²) in [7, 11) is 0. The molecule has 0 heterocycles. The maximum atomic E-state index is 12.0. The summed E-state index contributed by atoms with van der Waals surface area (Å²) in [4.78, 5) is 12.0. The maximum absolute atomic E-state index is 12.0. The van der Waals surface area contributed by atoms with Crippen LogP contribution >= 0.6 is 0 Å². The fraction of sp³-hybridized carbons (Fsp3) is 0.357. The first kappa shape index (κ1) is 14.3. The van der Waals surface area contributed by atoms with Gasteiger partial charge in [0, 0.05) is 13.1 Å². The minimum Gasteiger partial charge on any atom is -0.502 e. The standard InChI is InChI=1S/C14H20N2O2/c1-2-18-10-6-9-16-14(17)13(11-15)12-7-4-3-5-8-12/h2-5,7-8,13H,1,6,9-11,15H2,(H,16,17). The van der Waals surface area contributed by atoms with Gasteiger partial charge in [0.2, 0.25) is 5.91 Å². The monoisotopic (exact) mass is 248 g/mol. The number of carbonyl (C=O) groups excluding carboxylic acids is 1. The molecular weight excluding hydrogens is 228 g/mol. The van der Waals surface area contributed by atoms with Crippen molar-refractivity contribution in [3.63, 3.8) is 0 Å². The fourth-order valence-electron chi connectivity index (χ4n) is 1.65. The summed E-state index contributed by atoms with van der Waals surface area (Å²) in [6.07, 6.45) is 2.15. The zero-order valence-corrected chi connectivity index (χ0v) is 10.5. The lowest BCUT2D eigenvalue weighted by atomic mass is 9.98. The van der Waals surface area contributed by atoms with E-state index in [4.69, 9.17) is 10.5 Å². The van der Waals surface area contributed by atoms with Crippen molar-refractivity contribution in [1.82, 2.24) is 5.32 Å². The molecule has 1 aromatic carbocycles. The Hall–Kier alpha value is -1.81. The van der Waals surface area contributed by atoms with E-state index in [2.05, 4.69) is 11.9 Å². The molecule has 0 aliphatic heterocycles. The molecule has 18 heavy (non-hydrogen) atoms. The molecule has 4 heteroatoms. The van der Waals surface area contributed by atoms with E-state index in [1.54, 1.807) is 0 Å². The van der Waals surface area contributed by atoms with Gasteiger partial charge in [0.05, 0.1) is 18.8 Å². The summed E-state index contributed by atoms with van der Waals surface area (Å²) < 4.78 is 4.97. The second-order valence-electron chi connectivity index (χ2n) is 3.88. The van der Waals surface area contributed by atoms with Crippen LogP contribution in [0.4, 0.5) is 0 Å². The zero-order chi connectivity index (χ0) is 13.2. The first-order valence-corrected chi connectivity index (χ1v) is 6.04. The highest BCUT2D eigenvalue weighted by atomic mass is 16.5. The van der Waals surface area contributed by atoms with Crippen LogP contribution < -0.4 is 11.1 Å². The van der Waals surface area contributed by atoms with Gasteiger partial charge < -0.3 is 15.8 Å². The molecule has 98 valence electrons. The predicted octanol–water partition coefficient (Wildman–Crippen LogP) is 1.40. The summed E-state index contributed by atoms with van der Waals surface area (Å²) >= 11 is 0. The Morgan fingerprint density at radius 1 is 1.44 bits per heavy atom. The van der Waals surface area contributed by atoms with Gasteiger partial charge in [-0.1, -0.05) is 36.9 Å². The van der Waals surface area contributed by atoms with Crippen LogP contribution in [0.5, 0.6) is 0 Å². The number of nitrogens with two attached hydrogens (primary N) is 1. The molecule has 0 bridgehead atoms. The van der Waals surface area contributed by atoms with Crippen molar-refractivity contribution in [3.8, 4) is 0 Å². The largest absolute Gasteiger partial charge is 0.502 e. The fourth-order valence-corrected chi connectivity index (χ4v) is 1.65. The Morgan fingerprint density at radius 3 is 2.78 bits per heavy atom. The molecule has 1 aromatic rings. The van der Waals surface area contributed by atoms with Gasteiger partial charge in [-0.3, -0.25) is 4.79 Å². The Kier molecular flexibility index (Phi) is 6.58. The van der Waals surface area contributed by atoms with Crippen LogP contribution in [0, 0.1) is 0 Å². The first-order valence-electron chi connectivity index (χ1n) is 6.04. The van der Waals surface area contributed by atoms with Crippen LogP contribution in [0.25, 0.3) is 0 Å². The quantitative estimate of drug-likeness (QED) is 0.540. The molecule has 1 atom stereocenters. The van der Waals surface area contributed by atoms with Crippen LogP contribution in [-0.2, 0) is 9.53 Å². The third-order valence-corrected chi connectivity index (χ3v) is 2.61. The average molecular weight is 248 g/mol. The SMILES string of the molecule is C=COCCCNC(=O)C(CN)c1ccccc1.